The number of halogens is 1. The summed E-state index contributed by atoms with van der Waals surface area (Å²) in [6, 6.07) is 0. The first-order valence-corrected chi connectivity index (χ1v) is 4.32. The molecule has 0 spiro atoms. The van der Waals surface area contributed by atoms with Crippen molar-refractivity contribution in [2.45, 2.75) is 40.0 Å². The molecule has 0 aromatic rings. The molecule has 0 radical (unpaired) electrons. The summed E-state index contributed by atoms with van der Waals surface area (Å²) >= 11 is 0. The van der Waals surface area contributed by atoms with Gasteiger partial charge in [-0.3, -0.25) is 4.79 Å². The van der Waals surface area contributed by atoms with E-state index in [1.165, 1.54) is 0 Å². The number of carboxylic acids is 1. The standard InChI is InChI=1S/C9H18O2.ClH/c1-4-5-6-8(7(2)3)9(10)11;/h7-8H,4-6H2,1-3H3,(H,10,11);1H. The van der Waals surface area contributed by atoms with Crippen LogP contribution in [0.15, 0.2) is 0 Å². The van der Waals surface area contributed by atoms with Crippen molar-refractivity contribution in [3.8, 4) is 0 Å². The molecule has 0 aromatic heterocycles. The van der Waals surface area contributed by atoms with Crippen LogP contribution in [0.1, 0.15) is 40.0 Å². The van der Waals surface area contributed by atoms with Crippen LogP contribution in [0.25, 0.3) is 0 Å². The van der Waals surface area contributed by atoms with E-state index in [0.29, 0.717) is 0 Å². The Morgan fingerprint density at radius 2 is 1.92 bits per heavy atom. The zero-order valence-corrected chi connectivity index (χ0v) is 8.86. The third kappa shape index (κ3) is 5.42. The molecule has 2 nitrogen and oxygen atoms in total. The molecule has 0 saturated carbocycles. The van der Waals surface area contributed by atoms with Crippen LogP contribution in [0.2, 0.25) is 0 Å². The minimum atomic E-state index is -0.645. The Kier molecular flexibility index (Phi) is 8.83. The molecule has 0 aliphatic carbocycles. The molecular formula is C9H19ClO2. The number of unbranched alkanes of at least 4 members (excludes halogenated alkanes) is 1. The lowest BCUT2D eigenvalue weighted by Crippen LogP contribution is -2.19. The number of hydrogen-bond donors (Lipinski definition) is 1. The van der Waals surface area contributed by atoms with Crippen LogP contribution in [0.4, 0.5) is 0 Å². The van der Waals surface area contributed by atoms with Crippen molar-refractivity contribution in [2.75, 3.05) is 0 Å². The van der Waals surface area contributed by atoms with Gasteiger partial charge in [-0.15, -0.1) is 12.4 Å². The second kappa shape index (κ2) is 7.41. The Morgan fingerprint density at radius 3 is 2.17 bits per heavy atom. The Hall–Kier alpha value is -0.240. The maximum Gasteiger partial charge on any atom is 0.306 e. The molecule has 0 amide bonds. The molecular weight excluding hydrogens is 176 g/mol. The molecule has 0 aliphatic heterocycles. The van der Waals surface area contributed by atoms with E-state index in [4.69, 9.17) is 5.11 Å². The molecule has 0 rings (SSSR count). The summed E-state index contributed by atoms with van der Waals surface area (Å²) in [6.45, 7) is 6.02. The van der Waals surface area contributed by atoms with Crippen molar-refractivity contribution in [2.24, 2.45) is 11.8 Å². The minimum absolute atomic E-state index is 0. The van der Waals surface area contributed by atoms with E-state index in [2.05, 4.69) is 6.92 Å². The number of rotatable bonds is 5. The molecule has 1 unspecified atom stereocenters. The van der Waals surface area contributed by atoms with Crippen molar-refractivity contribution >= 4 is 18.4 Å². The van der Waals surface area contributed by atoms with Gasteiger partial charge in [0, 0.05) is 0 Å². The van der Waals surface area contributed by atoms with Gasteiger partial charge in [-0.25, -0.2) is 0 Å². The average Bonchev–Trinajstić information content (AvgIpc) is 1.87. The van der Waals surface area contributed by atoms with Gasteiger partial charge in [0.05, 0.1) is 5.92 Å². The highest BCUT2D eigenvalue weighted by atomic mass is 35.5. The van der Waals surface area contributed by atoms with Crippen molar-refractivity contribution in [1.82, 2.24) is 0 Å². The molecule has 12 heavy (non-hydrogen) atoms. The summed E-state index contributed by atoms with van der Waals surface area (Å²) in [7, 11) is 0. The predicted octanol–water partition coefficient (Wildman–Crippen LogP) is 2.96. The summed E-state index contributed by atoms with van der Waals surface area (Å²) < 4.78 is 0. The summed E-state index contributed by atoms with van der Waals surface area (Å²) in [5, 5.41) is 8.77. The monoisotopic (exact) mass is 194 g/mol. The van der Waals surface area contributed by atoms with E-state index >= 15 is 0 Å². The zero-order valence-electron chi connectivity index (χ0n) is 8.04. The molecule has 0 bridgehead atoms. The first-order chi connectivity index (χ1) is 5.09. The quantitative estimate of drug-likeness (QED) is 0.731. The van der Waals surface area contributed by atoms with Crippen molar-refractivity contribution in [1.29, 1.82) is 0 Å². The lowest BCUT2D eigenvalue weighted by atomic mass is 9.91. The van der Waals surface area contributed by atoms with E-state index in [9.17, 15) is 4.79 Å². The van der Waals surface area contributed by atoms with Crippen LogP contribution in [-0.4, -0.2) is 11.1 Å². The number of carbonyl (C=O) groups is 1. The highest BCUT2D eigenvalue weighted by Gasteiger charge is 2.19. The molecule has 0 fully saturated rings. The minimum Gasteiger partial charge on any atom is -0.481 e. The fourth-order valence-electron chi connectivity index (χ4n) is 1.17. The Morgan fingerprint density at radius 1 is 1.42 bits per heavy atom. The first kappa shape index (κ1) is 14.3. The van der Waals surface area contributed by atoms with Crippen LogP contribution in [-0.2, 0) is 4.79 Å². The lowest BCUT2D eigenvalue weighted by Gasteiger charge is -2.14. The van der Waals surface area contributed by atoms with Crippen LogP contribution in [0, 0.1) is 11.8 Å². The van der Waals surface area contributed by atoms with Gasteiger partial charge in [-0.1, -0.05) is 33.6 Å². The first-order valence-electron chi connectivity index (χ1n) is 4.32. The Balaban J connectivity index is 0. The highest BCUT2D eigenvalue weighted by molar-refractivity contribution is 5.85. The Bertz CT molecular complexity index is 124. The van der Waals surface area contributed by atoms with E-state index in [1.807, 2.05) is 13.8 Å². The number of aliphatic carboxylic acids is 1. The average molecular weight is 195 g/mol. The summed E-state index contributed by atoms with van der Waals surface area (Å²) in [4.78, 5) is 10.6. The van der Waals surface area contributed by atoms with Gasteiger partial charge in [-0.05, 0) is 12.3 Å². The second-order valence-electron chi connectivity index (χ2n) is 3.33. The molecule has 0 aromatic carbocycles. The van der Waals surface area contributed by atoms with Crippen molar-refractivity contribution < 1.29 is 9.90 Å². The van der Waals surface area contributed by atoms with E-state index in [0.717, 1.165) is 19.3 Å². The van der Waals surface area contributed by atoms with Crippen LogP contribution in [0.3, 0.4) is 0 Å². The summed E-state index contributed by atoms with van der Waals surface area (Å²) in [6.07, 6.45) is 2.93. The second-order valence-corrected chi connectivity index (χ2v) is 3.33. The fourth-order valence-corrected chi connectivity index (χ4v) is 1.17. The van der Waals surface area contributed by atoms with Gasteiger partial charge in [0.25, 0.3) is 0 Å². The van der Waals surface area contributed by atoms with Gasteiger partial charge in [-0.2, -0.15) is 0 Å². The van der Waals surface area contributed by atoms with E-state index in [1.54, 1.807) is 0 Å². The maximum atomic E-state index is 10.6. The Labute approximate surface area is 80.8 Å². The fraction of sp³-hybridized carbons (Fsp3) is 0.889. The van der Waals surface area contributed by atoms with Gasteiger partial charge in [0.15, 0.2) is 0 Å². The normalized spacial score (nSPS) is 12.3. The molecule has 0 saturated heterocycles. The largest absolute Gasteiger partial charge is 0.481 e. The van der Waals surface area contributed by atoms with E-state index < -0.39 is 5.97 Å². The third-order valence-electron chi connectivity index (χ3n) is 1.99. The van der Waals surface area contributed by atoms with Crippen LogP contribution >= 0.6 is 12.4 Å². The summed E-state index contributed by atoms with van der Waals surface area (Å²) in [5.41, 5.74) is 0. The topological polar surface area (TPSA) is 37.3 Å². The molecule has 1 atom stereocenters. The van der Waals surface area contributed by atoms with E-state index in [-0.39, 0.29) is 24.2 Å². The molecule has 0 heterocycles. The maximum absolute atomic E-state index is 10.6. The van der Waals surface area contributed by atoms with Gasteiger partial charge < -0.3 is 5.11 Å². The third-order valence-corrected chi connectivity index (χ3v) is 1.99. The molecule has 0 aliphatic rings. The highest BCUT2D eigenvalue weighted by Crippen LogP contribution is 2.17. The van der Waals surface area contributed by atoms with Gasteiger partial charge in [0.2, 0.25) is 0 Å². The molecule has 3 heteroatoms. The smallest absolute Gasteiger partial charge is 0.306 e. The zero-order chi connectivity index (χ0) is 8.85. The van der Waals surface area contributed by atoms with Crippen LogP contribution in [0.5, 0.6) is 0 Å². The lowest BCUT2D eigenvalue weighted by molar-refractivity contribution is -0.143. The predicted molar refractivity (Wildman–Crippen MR) is 52.7 cm³/mol. The van der Waals surface area contributed by atoms with Gasteiger partial charge in [0.1, 0.15) is 0 Å². The van der Waals surface area contributed by atoms with Crippen molar-refractivity contribution in [3.05, 3.63) is 0 Å². The van der Waals surface area contributed by atoms with Crippen molar-refractivity contribution in [3.63, 3.8) is 0 Å². The number of carboxylic acid groups (broad SMARTS) is 1. The molecule has 1 N–H and O–H groups in total. The number of hydrogen-bond acceptors (Lipinski definition) is 1. The molecule has 74 valence electrons. The van der Waals surface area contributed by atoms with Crippen LogP contribution < -0.4 is 0 Å². The SMILES string of the molecule is CCCCC(C(=O)O)C(C)C.Cl. The summed E-state index contributed by atoms with van der Waals surface area (Å²) in [5.74, 6) is -0.526. The van der Waals surface area contributed by atoms with Gasteiger partial charge >= 0.3 is 5.97 Å².